The molecule has 1 aliphatic carbocycles. The molecule has 0 spiro atoms. The van der Waals surface area contributed by atoms with Crippen molar-refractivity contribution < 1.29 is 0 Å². The zero-order chi connectivity index (χ0) is 16.1. The summed E-state index contributed by atoms with van der Waals surface area (Å²) in [5, 5.41) is 0. The van der Waals surface area contributed by atoms with Crippen molar-refractivity contribution in [1.29, 1.82) is 0 Å². The highest BCUT2D eigenvalue weighted by molar-refractivity contribution is 5.73. The van der Waals surface area contributed by atoms with Crippen LogP contribution in [-0.2, 0) is 0 Å². The molecule has 3 nitrogen and oxygen atoms in total. The van der Waals surface area contributed by atoms with Crippen LogP contribution in [0.1, 0.15) is 19.8 Å². The van der Waals surface area contributed by atoms with Gasteiger partial charge in [-0.25, -0.2) is 0 Å². The molecule has 0 saturated heterocycles. The van der Waals surface area contributed by atoms with Crippen molar-refractivity contribution in [2.75, 3.05) is 10.6 Å². The number of nitrogens with two attached hydrogens (primary N) is 2. The molecule has 3 heteroatoms. The molecule has 0 amide bonds. The fourth-order valence-corrected chi connectivity index (χ4v) is 2.48. The number of rotatable bonds is 4. The van der Waals surface area contributed by atoms with Crippen LogP contribution in [0.5, 0.6) is 0 Å². The minimum absolute atomic E-state index is 0.682. The average molecular weight is 293 g/mol. The highest BCUT2D eigenvalue weighted by Gasteiger charge is 2.15. The third-order valence-electron chi connectivity index (χ3n) is 3.61. The molecule has 0 atom stereocenters. The van der Waals surface area contributed by atoms with Crippen molar-refractivity contribution in [3.05, 3.63) is 84.4 Å². The molecule has 0 aromatic heterocycles. The Morgan fingerprint density at radius 3 is 2.64 bits per heavy atom. The molecule has 0 saturated carbocycles. The summed E-state index contributed by atoms with van der Waals surface area (Å²) in [6, 6.07) is 7.68. The second-order valence-electron chi connectivity index (χ2n) is 5.37. The van der Waals surface area contributed by atoms with E-state index in [1.807, 2.05) is 42.2 Å². The van der Waals surface area contributed by atoms with Gasteiger partial charge in [0, 0.05) is 11.9 Å². The third kappa shape index (κ3) is 3.31. The van der Waals surface area contributed by atoms with Crippen molar-refractivity contribution in [3.63, 3.8) is 0 Å². The first kappa shape index (κ1) is 15.7. The van der Waals surface area contributed by atoms with Crippen LogP contribution < -0.4 is 16.4 Å². The van der Waals surface area contributed by atoms with Gasteiger partial charge in [0.05, 0.1) is 17.1 Å². The largest absolute Gasteiger partial charge is 0.403 e. The van der Waals surface area contributed by atoms with E-state index in [4.69, 9.17) is 11.5 Å². The lowest BCUT2D eigenvalue weighted by molar-refractivity contribution is 0.969. The number of nitrogens with zero attached hydrogens (tertiary/aromatic N) is 1. The van der Waals surface area contributed by atoms with E-state index in [1.165, 1.54) is 0 Å². The first-order valence-corrected chi connectivity index (χ1v) is 7.33. The number of nitrogen functional groups attached to an aromatic ring is 1. The molecule has 1 aliphatic rings. The predicted molar refractivity (Wildman–Crippen MR) is 96.0 cm³/mol. The third-order valence-corrected chi connectivity index (χ3v) is 3.61. The minimum Gasteiger partial charge on any atom is -0.403 e. The Balaban J connectivity index is 2.47. The number of allylic oxidation sites excluding steroid dienone is 6. The molecular formula is C19H23N3. The number of anilines is 2. The van der Waals surface area contributed by atoms with Crippen molar-refractivity contribution in [2.24, 2.45) is 5.73 Å². The first-order valence-electron chi connectivity index (χ1n) is 7.33. The van der Waals surface area contributed by atoms with E-state index in [1.54, 1.807) is 6.20 Å². The molecule has 114 valence electrons. The molecule has 2 rings (SSSR count). The summed E-state index contributed by atoms with van der Waals surface area (Å²) in [6.07, 6.45) is 9.84. The Morgan fingerprint density at radius 1 is 1.32 bits per heavy atom. The van der Waals surface area contributed by atoms with Crippen LogP contribution >= 0.6 is 0 Å². The van der Waals surface area contributed by atoms with Gasteiger partial charge in [0.15, 0.2) is 0 Å². The van der Waals surface area contributed by atoms with Crippen LogP contribution in [0, 0.1) is 0 Å². The van der Waals surface area contributed by atoms with Gasteiger partial charge in [0.2, 0.25) is 0 Å². The van der Waals surface area contributed by atoms with Crippen molar-refractivity contribution >= 4 is 11.4 Å². The first-order chi connectivity index (χ1) is 10.5. The maximum Gasteiger partial charge on any atom is 0.0688 e. The molecular weight excluding hydrogens is 270 g/mol. The number of hydrogen-bond donors (Lipinski definition) is 2. The normalized spacial score (nSPS) is 16.9. The number of benzene rings is 1. The topological polar surface area (TPSA) is 55.3 Å². The van der Waals surface area contributed by atoms with Gasteiger partial charge >= 0.3 is 0 Å². The van der Waals surface area contributed by atoms with Gasteiger partial charge in [-0.1, -0.05) is 37.4 Å². The Morgan fingerprint density at radius 2 is 2.05 bits per heavy atom. The summed E-state index contributed by atoms with van der Waals surface area (Å²) in [6.45, 7) is 10.1. The van der Waals surface area contributed by atoms with E-state index < -0.39 is 0 Å². The van der Waals surface area contributed by atoms with Gasteiger partial charge in [-0.05, 0) is 49.1 Å². The van der Waals surface area contributed by atoms with Crippen LogP contribution in [0.25, 0.3) is 0 Å². The van der Waals surface area contributed by atoms with Gasteiger partial charge in [0.1, 0.15) is 0 Å². The summed E-state index contributed by atoms with van der Waals surface area (Å²) in [5.41, 5.74) is 17.4. The van der Waals surface area contributed by atoms with Crippen LogP contribution in [0.15, 0.2) is 84.4 Å². The number of hydrogen-bond acceptors (Lipinski definition) is 3. The van der Waals surface area contributed by atoms with E-state index in [0.29, 0.717) is 5.69 Å². The summed E-state index contributed by atoms with van der Waals surface area (Å²) < 4.78 is 0. The average Bonchev–Trinajstić information content (AvgIpc) is 2.50. The summed E-state index contributed by atoms with van der Waals surface area (Å²) in [7, 11) is 0. The van der Waals surface area contributed by atoms with E-state index >= 15 is 0 Å². The zero-order valence-electron chi connectivity index (χ0n) is 13.0. The fourth-order valence-electron chi connectivity index (χ4n) is 2.48. The molecule has 0 aliphatic heterocycles. The quantitative estimate of drug-likeness (QED) is 0.816. The van der Waals surface area contributed by atoms with Gasteiger partial charge in [-0.15, -0.1) is 0 Å². The molecule has 0 fully saturated rings. The second-order valence-corrected chi connectivity index (χ2v) is 5.37. The summed E-state index contributed by atoms with van der Waals surface area (Å²) in [5.74, 6) is 0. The van der Waals surface area contributed by atoms with Gasteiger partial charge in [-0.3, -0.25) is 0 Å². The van der Waals surface area contributed by atoms with Crippen LogP contribution in [0.3, 0.4) is 0 Å². The van der Waals surface area contributed by atoms with Crippen LogP contribution in [0.4, 0.5) is 11.4 Å². The smallest absolute Gasteiger partial charge is 0.0688 e. The Hall–Kier alpha value is -2.68. The molecule has 0 bridgehead atoms. The highest BCUT2D eigenvalue weighted by Crippen LogP contribution is 2.31. The molecule has 22 heavy (non-hydrogen) atoms. The molecule has 4 N–H and O–H groups in total. The Bertz CT molecular complexity index is 678. The molecule has 0 unspecified atom stereocenters. The zero-order valence-corrected chi connectivity index (χ0v) is 13.0. The Labute approximate surface area is 132 Å². The molecule has 1 aromatic rings. The summed E-state index contributed by atoms with van der Waals surface area (Å²) in [4.78, 5) is 1.96. The fraction of sp³-hybridized carbons (Fsp3) is 0.158. The SMILES string of the molecule is C=C1CCC=C/C1=C/C(=C\N)N(C(=C)C)c1ccccc1N. The Kier molecular flexibility index (Phi) is 4.89. The maximum absolute atomic E-state index is 6.11. The van der Waals surface area contributed by atoms with Crippen LogP contribution in [-0.4, -0.2) is 0 Å². The van der Waals surface area contributed by atoms with E-state index in [9.17, 15) is 0 Å². The molecule has 0 radical (unpaired) electrons. The van der Waals surface area contributed by atoms with E-state index in [-0.39, 0.29) is 0 Å². The van der Waals surface area contributed by atoms with Crippen molar-refractivity contribution in [1.82, 2.24) is 0 Å². The van der Waals surface area contributed by atoms with Crippen LogP contribution in [0.2, 0.25) is 0 Å². The molecule has 0 heterocycles. The van der Waals surface area contributed by atoms with Crippen molar-refractivity contribution in [2.45, 2.75) is 19.8 Å². The van der Waals surface area contributed by atoms with E-state index in [0.717, 1.165) is 41.1 Å². The highest BCUT2D eigenvalue weighted by atomic mass is 15.2. The van der Waals surface area contributed by atoms with Gasteiger partial charge in [-0.2, -0.15) is 0 Å². The predicted octanol–water partition coefficient (Wildman–Crippen LogP) is 4.24. The van der Waals surface area contributed by atoms with E-state index in [2.05, 4.69) is 25.3 Å². The minimum atomic E-state index is 0.682. The lowest BCUT2D eigenvalue weighted by Crippen LogP contribution is -2.21. The number of para-hydroxylation sites is 2. The maximum atomic E-state index is 6.11. The standard InChI is InChI=1S/C19H23N3/c1-14(2)22(19-11-7-6-10-18(19)21)17(13-20)12-16-9-5-4-8-15(16)3/h5-7,9-13H,1,3-4,8,20-21H2,2H3/b16-12-,17-13+. The lowest BCUT2D eigenvalue weighted by Gasteiger charge is -2.27. The summed E-state index contributed by atoms with van der Waals surface area (Å²) >= 11 is 0. The monoisotopic (exact) mass is 293 g/mol. The van der Waals surface area contributed by atoms with Gasteiger partial charge in [0.25, 0.3) is 0 Å². The molecule has 1 aromatic carbocycles. The van der Waals surface area contributed by atoms with Gasteiger partial charge < -0.3 is 16.4 Å². The van der Waals surface area contributed by atoms with Crippen molar-refractivity contribution in [3.8, 4) is 0 Å². The second kappa shape index (κ2) is 6.85. The lowest BCUT2D eigenvalue weighted by atomic mass is 9.96.